The molecule has 0 bridgehead atoms. The molecule has 9 nitrogen and oxygen atoms in total. The second-order valence-electron chi connectivity index (χ2n) is 5.64. The van der Waals surface area contributed by atoms with Crippen molar-refractivity contribution in [2.24, 2.45) is 10.2 Å². The van der Waals surface area contributed by atoms with Crippen molar-refractivity contribution >= 4 is 24.2 Å². The fraction of sp³-hybridized carbons (Fsp3) is 0.0526. The molecule has 3 rings (SSSR count). The molecule has 0 saturated carbocycles. The van der Waals surface area contributed by atoms with Crippen LogP contribution in [0.1, 0.15) is 37.8 Å². The van der Waals surface area contributed by atoms with Crippen molar-refractivity contribution in [1.82, 2.24) is 10.9 Å². The highest BCUT2D eigenvalue weighted by molar-refractivity contribution is 5.95. The molecule has 2 heterocycles. The lowest BCUT2D eigenvalue weighted by atomic mass is 10.1. The summed E-state index contributed by atoms with van der Waals surface area (Å²) in [5, 5.41) is 18.0. The molecule has 3 aromatic rings. The van der Waals surface area contributed by atoms with E-state index in [1.165, 1.54) is 37.1 Å². The first kappa shape index (κ1) is 18.6. The van der Waals surface area contributed by atoms with Gasteiger partial charge in [-0.2, -0.15) is 10.2 Å². The van der Waals surface area contributed by atoms with Crippen LogP contribution in [0, 0.1) is 6.92 Å². The van der Waals surface area contributed by atoms with E-state index in [9.17, 15) is 14.7 Å². The van der Waals surface area contributed by atoms with Crippen molar-refractivity contribution in [3.05, 3.63) is 77.1 Å². The van der Waals surface area contributed by atoms with Gasteiger partial charge in [0.05, 0.1) is 25.0 Å². The van der Waals surface area contributed by atoms with Crippen LogP contribution in [0.4, 0.5) is 0 Å². The Bertz CT molecular complexity index is 942. The summed E-state index contributed by atoms with van der Waals surface area (Å²) >= 11 is 0. The van der Waals surface area contributed by atoms with E-state index in [1.807, 2.05) is 6.92 Å². The summed E-state index contributed by atoms with van der Waals surface area (Å²) in [4.78, 5) is 23.5. The van der Waals surface area contributed by atoms with Crippen LogP contribution in [0.3, 0.4) is 0 Å². The van der Waals surface area contributed by atoms with E-state index in [0.717, 1.165) is 5.56 Å². The fourth-order valence-electron chi connectivity index (χ4n) is 2.28. The highest BCUT2D eigenvalue weighted by atomic mass is 16.3. The Morgan fingerprint density at radius 2 is 1.39 bits per heavy atom. The molecular formula is C19H16N4O5. The number of carbonyl (C=O) groups is 2. The monoisotopic (exact) mass is 380 g/mol. The van der Waals surface area contributed by atoms with E-state index in [0.29, 0.717) is 11.1 Å². The minimum Gasteiger partial charge on any atom is -0.507 e. The van der Waals surface area contributed by atoms with Gasteiger partial charge in [0, 0.05) is 11.1 Å². The van der Waals surface area contributed by atoms with E-state index >= 15 is 0 Å². The SMILES string of the molecule is Cc1cc(/C=N\NC(=O)c2ccco2)c(O)c(/C=N/NC(=O)c2ccco2)c1. The molecule has 0 spiro atoms. The van der Waals surface area contributed by atoms with Crippen LogP contribution in [0.5, 0.6) is 5.75 Å². The van der Waals surface area contributed by atoms with Gasteiger partial charge >= 0.3 is 11.8 Å². The first-order valence-corrected chi connectivity index (χ1v) is 8.12. The minimum absolute atomic E-state index is 0.113. The molecule has 0 aliphatic heterocycles. The van der Waals surface area contributed by atoms with Crippen LogP contribution >= 0.6 is 0 Å². The lowest BCUT2D eigenvalue weighted by Gasteiger charge is -2.05. The van der Waals surface area contributed by atoms with Crippen molar-refractivity contribution in [2.45, 2.75) is 6.92 Å². The molecule has 2 aromatic heterocycles. The number of phenols is 1. The van der Waals surface area contributed by atoms with E-state index in [2.05, 4.69) is 21.1 Å². The summed E-state index contributed by atoms with van der Waals surface area (Å²) in [6.45, 7) is 1.82. The molecule has 0 aliphatic rings. The Hall–Kier alpha value is -4.14. The third kappa shape index (κ3) is 4.52. The average Bonchev–Trinajstić information content (AvgIpc) is 3.38. The quantitative estimate of drug-likeness (QED) is 0.447. The Balaban J connectivity index is 1.69. The number of hydrogen-bond acceptors (Lipinski definition) is 7. The van der Waals surface area contributed by atoms with E-state index in [1.54, 1.807) is 24.3 Å². The van der Waals surface area contributed by atoms with Gasteiger partial charge in [-0.25, -0.2) is 10.9 Å². The molecule has 3 N–H and O–H groups in total. The number of hydrogen-bond donors (Lipinski definition) is 3. The second kappa shape index (κ2) is 8.49. The third-order valence-electron chi connectivity index (χ3n) is 3.54. The van der Waals surface area contributed by atoms with Crippen molar-refractivity contribution < 1.29 is 23.5 Å². The normalized spacial score (nSPS) is 11.2. The number of benzene rings is 1. The molecule has 2 amide bonds. The summed E-state index contributed by atoms with van der Waals surface area (Å²) in [6.07, 6.45) is 5.34. The number of amides is 2. The summed E-state index contributed by atoms with van der Waals surface area (Å²) in [7, 11) is 0. The Morgan fingerprint density at radius 1 is 0.929 bits per heavy atom. The zero-order chi connectivity index (χ0) is 19.9. The molecule has 1 aromatic carbocycles. The molecule has 0 aliphatic carbocycles. The van der Waals surface area contributed by atoms with Crippen LogP contribution in [-0.4, -0.2) is 29.4 Å². The number of aromatic hydroxyl groups is 1. The van der Waals surface area contributed by atoms with E-state index in [-0.39, 0.29) is 17.3 Å². The lowest BCUT2D eigenvalue weighted by Crippen LogP contribution is -2.17. The average molecular weight is 380 g/mol. The van der Waals surface area contributed by atoms with E-state index < -0.39 is 11.8 Å². The summed E-state index contributed by atoms with van der Waals surface area (Å²) in [5.74, 6) is -0.916. The number of rotatable bonds is 6. The van der Waals surface area contributed by atoms with Gasteiger partial charge in [-0.05, 0) is 48.9 Å². The number of nitrogens with one attached hydrogen (secondary N) is 2. The Labute approximate surface area is 159 Å². The van der Waals surface area contributed by atoms with Gasteiger partial charge < -0.3 is 13.9 Å². The molecule has 0 atom stereocenters. The summed E-state index contributed by atoms with van der Waals surface area (Å²) < 4.78 is 9.91. The largest absolute Gasteiger partial charge is 0.507 e. The van der Waals surface area contributed by atoms with Crippen LogP contribution in [0.15, 0.2) is 68.0 Å². The summed E-state index contributed by atoms with van der Waals surface area (Å²) in [5.41, 5.74) is 6.13. The maximum Gasteiger partial charge on any atom is 0.307 e. The number of hydrazone groups is 2. The van der Waals surface area contributed by atoms with Crippen LogP contribution in [-0.2, 0) is 0 Å². The molecule has 0 fully saturated rings. The fourth-order valence-corrected chi connectivity index (χ4v) is 2.28. The Kier molecular flexibility index (Phi) is 5.66. The van der Waals surface area contributed by atoms with Gasteiger partial charge in [0.2, 0.25) is 0 Å². The van der Waals surface area contributed by atoms with Crippen LogP contribution < -0.4 is 10.9 Å². The zero-order valence-corrected chi connectivity index (χ0v) is 14.7. The topological polar surface area (TPSA) is 129 Å². The minimum atomic E-state index is -0.518. The number of furan rings is 2. The smallest absolute Gasteiger partial charge is 0.307 e. The maximum atomic E-state index is 11.8. The van der Waals surface area contributed by atoms with Gasteiger partial charge in [-0.15, -0.1) is 0 Å². The number of aryl methyl sites for hydroxylation is 1. The van der Waals surface area contributed by atoms with Gasteiger partial charge in [0.1, 0.15) is 5.75 Å². The van der Waals surface area contributed by atoms with Gasteiger partial charge in [-0.1, -0.05) is 0 Å². The van der Waals surface area contributed by atoms with Gasteiger partial charge in [-0.3, -0.25) is 9.59 Å². The van der Waals surface area contributed by atoms with Gasteiger partial charge in [0.25, 0.3) is 0 Å². The van der Waals surface area contributed by atoms with Crippen molar-refractivity contribution in [3.63, 3.8) is 0 Å². The van der Waals surface area contributed by atoms with Crippen molar-refractivity contribution in [3.8, 4) is 5.75 Å². The molecular weight excluding hydrogens is 364 g/mol. The highest BCUT2D eigenvalue weighted by Crippen LogP contribution is 2.21. The second-order valence-corrected chi connectivity index (χ2v) is 5.64. The van der Waals surface area contributed by atoms with Crippen LogP contribution in [0.2, 0.25) is 0 Å². The van der Waals surface area contributed by atoms with Crippen LogP contribution in [0.25, 0.3) is 0 Å². The first-order valence-electron chi connectivity index (χ1n) is 8.12. The molecule has 28 heavy (non-hydrogen) atoms. The highest BCUT2D eigenvalue weighted by Gasteiger charge is 2.09. The predicted molar refractivity (Wildman–Crippen MR) is 100 cm³/mol. The predicted octanol–water partition coefficient (Wildman–Crippen LogP) is 2.41. The molecule has 0 saturated heterocycles. The van der Waals surface area contributed by atoms with E-state index in [4.69, 9.17) is 8.83 Å². The van der Waals surface area contributed by atoms with Crippen molar-refractivity contribution in [2.75, 3.05) is 0 Å². The Morgan fingerprint density at radius 3 is 1.79 bits per heavy atom. The number of carbonyl (C=O) groups excluding carboxylic acids is 2. The number of phenolic OH excluding ortho intramolecular Hbond substituents is 1. The standard InChI is InChI=1S/C19H16N4O5/c1-12-8-13(10-20-22-18(25)15-4-2-6-27-15)17(24)14(9-12)11-21-23-19(26)16-5-3-7-28-16/h2-11,24H,1H3,(H,22,25)(H,23,26)/b20-10-,21-11+. The molecule has 0 radical (unpaired) electrons. The maximum absolute atomic E-state index is 11.8. The third-order valence-corrected chi connectivity index (χ3v) is 3.54. The molecule has 0 unspecified atom stereocenters. The van der Waals surface area contributed by atoms with Crippen molar-refractivity contribution in [1.29, 1.82) is 0 Å². The summed E-state index contributed by atoms with van der Waals surface area (Å²) in [6, 6.07) is 9.52. The first-order chi connectivity index (χ1) is 13.5. The van der Waals surface area contributed by atoms with Gasteiger partial charge in [0.15, 0.2) is 11.5 Å². The lowest BCUT2D eigenvalue weighted by molar-refractivity contribution is 0.0920. The molecule has 9 heteroatoms. The molecule has 142 valence electrons. The number of nitrogens with zero attached hydrogens (tertiary/aromatic N) is 2. The zero-order valence-electron chi connectivity index (χ0n) is 14.7.